The molecule has 0 fully saturated rings. The molecule has 9 heteroatoms. The topological polar surface area (TPSA) is 98.8 Å². The van der Waals surface area contributed by atoms with E-state index in [0.717, 1.165) is 21.3 Å². The zero-order valence-electron chi connectivity index (χ0n) is 16.3. The Morgan fingerprint density at radius 3 is 2.53 bits per heavy atom. The number of carbonyl (C=O) groups excluding carboxylic acids is 1. The lowest BCUT2D eigenvalue weighted by molar-refractivity contribution is -0.384. The first-order valence-corrected chi connectivity index (χ1v) is 9.78. The van der Waals surface area contributed by atoms with Crippen molar-refractivity contribution < 1.29 is 14.5 Å². The number of rotatable bonds is 7. The van der Waals surface area contributed by atoms with Crippen molar-refractivity contribution in [3.8, 4) is 11.4 Å². The van der Waals surface area contributed by atoms with Crippen LogP contribution in [-0.2, 0) is 4.79 Å². The zero-order valence-corrected chi connectivity index (χ0v) is 17.9. The molecule has 0 spiro atoms. The van der Waals surface area contributed by atoms with E-state index in [9.17, 15) is 14.9 Å². The summed E-state index contributed by atoms with van der Waals surface area (Å²) in [6.07, 6.45) is 3.29. The highest BCUT2D eigenvalue weighted by Gasteiger charge is 2.09. The van der Waals surface area contributed by atoms with Gasteiger partial charge in [-0.25, -0.2) is 5.43 Å². The minimum atomic E-state index is -0.448. The summed E-state index contributed by atoms with van der Waals surface area (Å²) in [4.78, 5) is 22.4. The van der Waals surface area contributed by atoms with Gasteiger partial charge in [0.1, 0.15) is 5.75 Å². The second kappa shape index (κ2) is 9.36. The molecule has 0 aliphatic heterocycles. The first-order chi connectivity index (χ1) is 14.3. The Bertz CT molecular complexity index is 1080. The van der Waals surface area contributed by atoms with Crippen LogP contribution in [0, 0.1) is 24.0 Å². The Hall–Kier alpha value is -3.46. The number of aryl methyl sites for hydroxylation is 2. The number of nitrogens with one attached hydrogen (secondary N) is 1. The van der Waals surface area contributed by atoms with E-state index in [1.807, 2.05) is 38.1 Å². The Labute approximate surface area is 181 Å². The molecule has 1 amide bonds. The van der Waals surface area contributed by atoms with Crippen LogP contribution in [0.15, 0.2) is 64.3 Å². The van der Waals surface area contributed by atoms with E-state index in [-0.39, 0.29) is 18.2 Å². The van der Waals surface area contributed by atoms with Crippen LogP contribution in [0.25, 0.3) is 5.69 Å². The number of amides is 1. The molecule has 1 aromatic heterocycles. The standard InChI is InChI=1S/C21H19BrN4O4/c1-14-10-16(22)11-15(2)21(14)30-13-20(27)24-23-12-19-4-3-9-25(19)17-5-7-18(8-6-17)26(28)29/h3-12H,13H2,1-2H3,(H,24,27)/b23-12-. The van der Waals surface area contributed by atoms with Gasteiger partial charge in [0.25, 0.3) is 11.6 Å². The van der Waals surface area contributed by atoms with Crippen LogP contribution in [0.3, 0.4) is 0 Å². The van der Waals surface area contributed by atoms with Gasteiger partial charge in [0, 0.05) is 28.5 Å². The molecule has 30 heavy (non-hydrogen) atoms. The number of ether oxygens (including phenoxy) is 1. The predicted molar refractivity (Wildman–Crippen MR) is 117 cm³/mol. The molecule has 3 aromatic rings. The Kier molecular flexibility index (Phi) is 6.63. The molecular weight excluding hydrogens is 452 g/mol. The molecule has 0 aliphatic carbocycles. The van der Waals surface area contributed by atoms with Gasteiger partial charge >= 0.3 is 0 Å². The summed E-state index contributed by atoms with van der Waals surface area (Å²) in [6, 6.07) is 13.6. The van der Waals surface area contributed by atoms with Gasteiger partial charge in [-0.2, -0.15) is 5.10 Å². The van der Waals surface area contributed by atoms with Gasteiger partial charge in [-0.1, -0.05) is 15.9 Å². The minimum absolute atomic E-state index is 0.0182. The highest BCUT2D eigenvalue weighted by Crippen LogP contribution is 2.27. The van der Waals surface area contributed by atoms with Crippen molar-refractivity contribution in [2.24, 2.45) is 5.10 Å². The van der Waals surface area contributed by atoms with Crippen LogP contribution in [0.5, 0.6) is 5.75 Å². The van der Waals surface area contributed by atoms with Crippen LogP contribution >= 0.6 is 15.9 Å². The van der Waals surface area contributed by atoms with Crippen LogP contribution in [0.4, 0.5) is 5.69 Å². The molecule has 0 atom stereocenters. The summed E-state index contributed by atoms with van der Waals surface area (Å²) in [7, 11) is 0. The predicted octanol–water partition coefficient (Wildman–Crippen LogP) is 4.29. The molecular formula is C21H19BrN4O4. The number of nitrogens with zero attached hydrogens (tertiary/aromatic N) is 3. The van der Waals surface area contributed by atoms with Gasteiger partial charge < -0.3 is 9.30 Å². The maximum Gasteiger partial charge on any atom is 0.277 e. The molecule has 0 aliphatic rings. The second-order valence-electron chi connectivity index (χ2n) is 6.53. The Balaban J connectivity index is 1.60. The molecule has 3 rings (SSSR count). The van der Waals surface area contributed by atoms with Crippen molar-refractivity contribution >= 4 is 33.7 Å². The van der Waals surface area contributed by atoms with E-state index in [2.05, 4.69) is 26.5 Å². The number of benzene rings is 2. The van der Waals surface area contributed by atoms with Gasteiger partial charge in [0.05, 0.1) is 16.8 Å². The van der Waals surface area contributed by atoms with Crippen LogP contribution in [0.2, 0.25) is 0 Å². The number of hydrogen-bond donors (Lipinski definition) is 1. The second-order valence-corrected chi connectivity index (χ2v) is 7.44. The summed E-state index contributed by atoms with van der Waals surface area (Å²) in [5, 5.41) is 14.8. The van der Waals surface area contributed by atoms with E-state index in [4.69, 9.17) is 4.74 Å². The molecule has 0 saturated carbocycles. The van der Waals surface area contributed by atoms with Gasteiger partial charge in [-0.05, 0) is 61.4 Å². The first kappa shape index (κ1) is 21.3. The number of carbonyl (C=O) groups is 1. The van der Waals surface area contributed by atoms with Crippen molar-refractivity contribution in [1.82, 2.24) is 9.99 Å². The summed E-state index contributed by atoms with van der Waals surface area (Å²) in [6.45, 7) is 3.66. The normalized spacial score (nSPS) is 10.9. The molecule has 8 nitrogen and oxygen atoms in total. The van der Waals surface area contributed by atoms with Crippen molar-refractivity contribution in [2.45, 2.75) is 13.8 Å². The van der Waals surface area contributed by atoms with E-state index in [0.29, 0.717) is 11.4 Å². The van der Waals surface area contributed by atoms with Crippen LogP contribution < -0.4 is 10.2 Å². The van der Waals surface area contributed by atoms with E-state index >= 15 is 0 Å². The summed E-state index contributed by atoms with van der Waals surface area (Å²) < 4.78 is 8.38. The maximum atomic E-state index is 12.1. The average Bonchev–Trinajstić information content (AvgIpc) is 3.15. The monoisotopic (exact) mass is 470 g/mol. The van der Waals surface area contributed by atoms with Crippen molar-refractivity contribution in [3.05, 3.63) is 86.1 Å². The molecule has 154 valence electrons. The van der Waals surface area contributed by atoms with Crippen molar-refractivity contribution in [2.75, 3.05) is 6.61 Å². The Morgan fingerprint density at radius 2 is 1.90 bits per heavy atom. The van der Waals surface area contributed by atoms with Gasteiger partial charge in [-0.3, -0.25) is 14.9 Å². The fourth-order valence-corrected chi connectivity index (χ4v) is 3.62. The molecule has 2 aromatic carbocycles. The lowest BCUT2D eigenvalue weighted by atomic mass is 10.1. The van der Waals surface area contributed by atoms with Crippen LogP contribution in [0.1, 0.15) is 16.8 Å². The average molecular weight is 471 g/mol. The third-order valence-corrected chi connectivity index (χ3v) is 4.74. The van der Waals surface area contributed by atoms with Gasteiger partial charge in [0.2, 0.25) is 0 Å². The fraction of sp³-hybridized carbons (Fsp3) is 0.143. The lowest BCUT2D eigenvalue weighted by Crippen LogP contribution is -2.25. The SMILES string of the molecule is Cc1cc(Br)cc(C)c1OCC(=O)N/N=C\c1cccn1-c1ccc([N+](=O)[O-])cc1. The third-order valence-electron chi connectivity index (χ3n) is 4.28. The number of nitro benzene ring substituents is 1. The lowest BCUT2D eigenvalue weighted by Gasteiger charge is -2.11. The smallest absolute Gasteiger partial charge is 0.277 e. The van der Waals surface area contributed by atoms with E-state index < -0.39 is 4.92 Å². The van der Waals surface area contributed by atoms with Gasteiger partial charge in [0.15, 0.2) is 6.61 Å². The number of aromatic nitrogens is 1. The molecule has 0 unspecified atom stereocenters. The molecule has 1 heterocycles. The third kappa shape index (κ3) is 5.12. The summed E-state index contributed by atoms with van der Waals surface area (Å²) in [5.74, 6) is 0.283. The summed E-state index contributed by atoms with van der Waals surface area (Å²) >= 11 is 3.43. The number of hydrogen-bond acceptors (Lipinski definition) is 5. The molecule has 1 N–H and O–H groups in total. The zero-order chi connectivity index (χ0) is 21.7. The maximum absolute atomic E-state index is 12.1. The van der Waals surface area contributed by atoms with Crippen molar-refractivity contribution in [1.29, 1.82) is 0 Å². The number of nitro groups is 1. The first-order valence-electron chi connectivity index (χ1n) is 8.99. The fourth-order valence-electron chi connectivity index (χ4n) is 2.93. The molecule has 0 radical (unpaired) electrons. The van der Waals surface area contributed by atoms with E-state index in [1.54, 1.807) is 22.9 Å². The molecule has 0 bridgehead atoms. The number of non-ortho nitro benzene ring substituents is 1. The van der Waals surface area contributed by atoms with Crippen molar-refractivity contribution in [3.63, 3.8) is 0 Å². The highest BCUT2D eigenvalue weighted by molar-refractivity contribution is 9.10. The highest BCUT2D eigenvalue weighted by atomic mass is 79.9. The number of halogens is 1. The molecule has 0 saturated heterocycles. The quantitative estimate of drug-likeness (QED) is 0.316. The van der Waals surface area contributed by atoms with Gasteiger partial charge in [-0.15, -0.1) is 0 Å². The van der Waals surface area contributed by atoms with Crippen LogP contribution in [-0.4, -0.2) is 28.2 Å². The minimum Gasteiger partial charge on any atom is -0.483 e. The summed E-state index contributed by atoms with van der Waals surface area (Å²) in [5.41, 5.74) is 5.75. The number of hydrazone groups is 1. The largest absolute Gasteiger partial charge is 0.483 e. The van der Waals surface area contributed by atoms with E-state index in [1.165, 1.54) is 18.3 Å². The Morgan fingerprint density at radius 1 is 1.23 bits per heavy atom.